The highest BCUT2D eigenvalue weighted by atomic mass is 79.9. The average molecular weight is 305 g/mol. The second kappa shape index (κ2) is 4.03. The van der Waals surface area contributed by atoms with Crippen molar-refractivity contribution in [1.82, 2.24) is 9.55 Å². The first-order valence-corrected chi connectivity index (χ1v) is 6.15. The van der Waals surface area contributed by atoms with Gasteiger partial charge in [-0.25, -0.2) is 4.79 Å². The first-order valence-electron chi connectivity index (χ1n) is 5.36. The summed E-state index contributed by atoms with van der Waals surface area (Å²) < 4.78 is 2.27. The molecule has 0 aliphatic carbocycles. The van der Waals surface area contributed by atoms with Crippen LogP contribution in [0.3, 0.4) is 0 Å². The molecule has 0 saturated carbocycles. The number of para-hydroxylation sites is 3. The second-order valence-corrected chi connectivity index (χ2v) is 4.74. The number of rotatable bonds is 1. The van der Waals surface area contributed by atoms with Gasteiger partial charge in [0.05, 0.1) is 16.7 Å². The van der Waals surface area contributed by atoms with Crippen molar-refractivity contribution >= 4 is 27.0 Å². The molecule has 0 aliphatic heterocycles. The molecule has 3 rings (SSSR count). The highest BCUT2D eigenvalue weighted by molar-refractivity contribution is 9.10. The molecule has 1 heterocycles. The minimum Gasteiger partial charge on any atom is -0.506 e. The van der Waals surface area contributed by atoms with Crippen LogP contribution in [0, 0.1) is 0 Å². The third kappa shape index (κ3) is 1.55. The predicted molar refractivity (Wildman–Crippen MR) is 73.3 cm³/mol. The van der Waals surface area contributed by atoms with Crippen LogP contribution in [0.15, 0.2) is 51.7 Å². The Morgan fingerprint density at radius 2 is 1.89 bits per heavy atom. The van der Waals surface area contributed by atoms with Gasteiger partial charge in [-0.1, -0.05) is 18.2 Å². The number of nitrogens with one attached hydrogen (secondary N) is 1. The number of imidazole rings is 1. The van der Waals surface area contributed by atoms with Gasteiger partial charge in [0, 0.05) is 4.47 Å². The highest BCUT2D eigenvalue weighted by Gasteiger charge is 2.12. The Morgan fingerprint density at radius 1 is 1.11 bits per heavy atom. The van der Waals surface area contributed by atoms with E-state index in [0.29, 0.717) is 11.2 Å². The van der Waals surface area contributed by atoms with E-state index in [2.05, 4.69) is 20.9 Å². The molecule has 2 aromatic carbocycles. The van der Waals surface area contributed by atoms with Crippen molar-refractivity contribution < 1.29 is 5.11 Å². The summed E-state index contributed by atoms with van der Waals surface area (Å²) in [6.45, 7) is 0. The van der Waals surface area contributed by atoms with E-state index in [1.54, 1.807) is 24.3 Å². The van der Waals surface area contributed by atoms with Gasteiger partial charge in [0.2, 0.25) is 0 Å². The number of hydrogen-bond acceptors (Lipinski definition) is 2. The molecule has 2 N–H and O–H groups in total. The summed E-state index contributed by atoms with van der Waals surface area (Å²) in [7, 11) is 0. The zero-order valence-electron chi connectivity index (χ0n) is 9.22. The van der Waals surface area contributed by atoms with Crippen LogP contribution in [0.5, 0.6) is 5.75 Å². The highest BCUT2D eigenvalue weighted by Crippen LogP contribution is 2.26. The van der Waals surface area contributed by atoms with Gasteiger partial charge in [-0.15, -0.1) is 0 Å². The fourth-order valence-electron chi connectivity index (χ4n) is 1.99. The molecule has 18 heavy (non-hydrogen) atoms. The molecule has 0 saturated heterocycles. The Labute approximate surface area is 111 Å². The number of aromatic nitrogens is 2. The summed E-state index contributed by atoms with van der Waals surface area (Å²) in [5.41, 5.74) is 1.62. The number of hydrogen-bond donors (Lipinski definition) is 2. The lowest BCUT2D eigenvalue weighted by Gasteiger charge is -2.05. The van der Waals surface area contributed by atoms with E-state index in [0.717, 1.165) is 9.99 Å². The molecule has 4 nitrogen and oxygen atoms in total. The van der Waals surface area contributed by atoms with Crippen LogP contribution in [-0.4, -0.2) is 14.7 Å². The number of fused-ring (bicyclic) bond motifs is 1. The lowest BCUT2D eigenvalue weighted by atomic mass is 10.2. The average Bonchev–Trinajstić information content (AvgIpc) is 2.68. The number of aromatic hydroxyl groups is 1. The normalized spacial score (nSPS) is 10.9. The fourth-order valence-corrected chi connectivity index (χ4v) is 2.44. The van der Waals surface area contributed by atoms with Crippen molar-refractivity contribution in [3.63, 3.8) is 0 Å². The second-order valence-electron chi connectivity index (χ2n) is 3.89. The minimum absolute atomic E-state index is 0.0699. The molecule has 0 bridgehead atoms. The van der Waals surface area contributed by atoms with Crippen molar-refractivity contribution in [3.05, 3.63) is 57.4 Å². The van der Waals surface area contributed by atoms with E-state index in [4.69, 9.17) is 0 Å². The van der Waals surface area contributed by atoms with Crippen molar-refractivity contribution in [1.29, 1.82) is 0 Å². The smallest absolute Gasteiger partial charge is 0.331 e. The van der Waals surface area contributed by atoms with Crippen molar-refractivity contribution in [2.45, 2.75) is 0 Å². The van der Waals surface area contributed by atoms with Crippen LogP contribution in [-0.2, 0) is 0 Å². The van der Waals surface area contributed by atoms with E-state index in [9.17, 15) is 9.90 Å². The number of phenols is 1. The van der Waals surface area contributed by atoms with Crippen LogP contribution >= 0.6 is 15.9 Å². The van der Waals surface area contributed by atoms with E-state index in [-0.39, 0.29) is 11.4 Å². The Bertz CT molecular complexity index is 789. The van der Waals surface area contributed by atoms with Crippen LogP contribution in [0.1, 0.15) is 0 Å². The third-order valence-electron chi connectivity index (χ3n) is 2.79. The van der Waals surface area contributed by atoms with Crippen LogP contribution < -0.4 is 5.69 Å². The summed E-state index contributed by atoms with van der Waals surface area (Å²) in [4.78, 5) is 14.8. The first kappa shape index (κ1) is 11.1. The molecule has 5 heteroatoms. The quantitative estimate of drug-likeness (QED) is 0.726. The lowest BCUT2D eigenvalue weighted by molar-refractivity contribution is 0.472. The Kier molecular flexibility index (Phi) is 2.48. The summed E-state index contributed by atoms with van der Waals surface area (Å²) in [5.74, 6) is 0.0699. The van der Waals surface area contributed by atoms with Crippen molar-refractivity contribution in [3.8, 4) is 11.4 Å². The zero-order valence-corrected chi connectivity index (χ0v) is 10.8. The van der Waals surface area contributed by atoms with E-state index in [1.165, 1.54) is 4.57 Å². The summed E-state index contributed by atoms with van der Waals surface area (Å²) in [6.07, 6.45) is 0. The molecule has 3 aromatic rings. The van der Waals surface area contributed by atoms with E-state index >= 15 is 0 Å². The number of phenolic OH excluding ortho intramolecular Hbond substituents is 1. The maximum absolute atomic E-state index is 12.0. The number of nitrogens with zero attached hydrogens (tertiary/aromatic N) is 1. The topological polar surface area (TPSA) is 58.0 Å². The Hall–Kier alpha value is -2.01. The van der Waals surface area contributed by atoms with Gasteiger partial charge in [-0.2, -0.15) is 0 Å². The van der Waals surface area contributed by atoms with Crippen LogP contribution in [0.25, 0.3) is 16.7 Å². The fraction of sp³-hybridized carbons (Fsp3) is 0. The van der Waals surface area contributed by atoms with Crippen LogP contribution in [0.2, 0.25) is 0 Å². The Balaban J connectivity index is 2.44. The minimum atomic E-state index is -0.279. The molecular weight excluding hydrogens is 296 g/mol. The molecule has 0 atom stereocenters. The van der Waals surface area contributed by atoms with E-state index < -0.39 is 0 Å². The van der Waals surface area contributed by atoms with Crippen LogP contribution in [0.4, 0.5) is 0 Å². The number of benzene rings is 2. The number of halogens is 1. The third-order valence-corrected chi connectivity index (χ3v) is 3.45. The molecule has 0 radical (unpaired) electrons. The summed E-state index contributed by atoms with van der Waals surface area (Å²) in [6, 6.07) is 12.3. The van der Waals surface area contributed by atoms with Gasteiger partial charge in [0.25, 0.3) is 0 Å². The molecule has 0 spiro atoms. The molecule has 0 amide bonds. The largest absolute Gasteiger partial charge is 0.506 e. The molecule has 0 fully saturated rings. The SMILES string of the molecule is O=c1[nH]c2c(Br)cccc2n1-c1ccccc1O. The van der Waals surface area contributed by atoms with Gasteiger partial charge in [0.15, 0.2) is 0 Å². The van der Waals surface area contributed by atoms with Gasteiger partial charge >= 0.3 is 5.69 Å². The molecule has 1 aromatic heterocycles. The van der Waals surface area contributed by atoms with Crippen molar-refractivity contribution in [2.75, 3.05) is 0 Å². The summed E-state index contributed by atoms with van der Waals surface area (Å²) >= 11 is 3.39. The summed E-state index contributed by atoms with van der Waals surface area (Å²) in [5, 5.41) is 9.85. The molecule has 90 valence electrons. The number of aromatic amines is 1. The first-order chi connectivity index (χ1) is 8.68. The standard InChI is InChI=1S/C13H9BrN2O2/c14-8-4-3-6-10-12(8)15-13(18)16(10)9-5-1-2-7-11(9)17/h1-7,17H,(H,15,18). The maximum Gasteiger partial charge on any atom is 0.331 e. The molecule has 0 aliphatic rings. The Morgan fingerprint density at radius 3 is 2.67 bits per heavy atom. The predicted octanol–water partition coefficient (Wildman–Crippen LogP) is 2.79. The molecule has 0 unspecified atom stereocenters. The van der Waals surface area contributed by atoms with E-state index in [1.807, 2.05) is 18.2 Å². The van der Waals surface area contributed by atoms with Crippen molar-refractivity contribution in [2.24, 2.45) is 0 Å². The zero-order chi connectivity index (χ0) is 12.7. The lowest BCUT2D eigenvalue weighted by Crippen LogP contribution is -2.14. The van der Waals surface area contributed by atoms with Gasteiger partial charge < -0.3 is 10.1 Å². The number of H-pyrrole nitrogens is 1. The molecular formula is C13H9BrN2O2. The maximum atomic E-state index is 12.0. The van der Waals surface area contributed by atoms with Gasteiger partial charge in [0.1, 0.15) is 5.75 Å². The van der Waals surface area contributed by atoms with Gasteiger partial charge in [-0.3, -0.25) is 4.57 Å². The monoisotopic (exact) mass is 304 g/mol. The van der Waals surface area contributed by atoms with Gasteiger partial charge in [-0.05, 0) is 40.2 Å².